The van der Waals surface area contributed by atoms with Crippen LogP contribution < -0.4 is 0 Å². The quantitative estimate of drug-likeness (QED) is 0.475. The second-order valence-electron chi connectivity index (χ2n) is 8.18. The summed E-state index contributed by atoms with van der Waals surface area (Å²) in [6, 6.07) is 7.87. The molecular formula is C21H28N4O2. The van der Waals surface area contributed by atoms with Crippen molar-refractivity contribution < 1.29 is 10.0 Å². The molecule has 0 saturated heterocycles. The molecule has 1 aromatic heterocycles. The fourth-order valence-electron chi connectivity index (χ4n) is 4.18. The van der Waals surface area contributed by atoms with Gasteiger partial charge in [-0.2, -0.15) is 5.10 Å². The first-order valence-electron chi connectivity index (χ1n) is 9.55. The molecule has 2 atom stereocenters. The number of ketones is 1. The maximum absolute atomic E-state index is 11.4. The third-order valence-electron chi connectivity index (χ3n) is 5.88. The van der Waals surface area contributed by atoms with E-state index in [9.17, 15) is 10.0 Å². The maximum Gasteiger partial charge on any atom is 0.159 e. The molecule has 2 aromatic rings. The molecule has 144 valence electrons. The first kappa shape index (κ1) is 19.3. The van der Waals surface area contributed by atoms with E-state index < -0.39 is 0 Å². The zero-order valence-corrected chi connectivity index (χ0v) is 16.3. The number of Topliss-reactive ketones (excluding diaryl/α,β-unsaturated/α-hetero) is 1. The standard InChI is InChI=1S/C21H28N4O2/c1-15(26)17-7-4-16(5-8-17)6-9-18-10-11-21(2,3)20(24-27)19(18)12-25-14-22-13-23-25/h4-5,7-8,13-14,18-19,27H,6,9-12H2,1-3H3/b24-20+/t18-,19+/m1/s1. The highest BCUT2D eigenvalue weighted by atomic mass is 16.4. The van der Waals surface area contributed by atoms with Crippen LogP contribution in [-0.4, -0.2) is 31.5 Å². The molecule has 1 aromatic carbocycles. The lowest BCUT2D eigenvalue weighted by molar-refractivity contribution is 0.101. The Morgan fingerprint density at radius 1 is 1.33 bits per heavy atom. The van der Waals surface area contributed by atoms with Crippen LogP contribution in [0, 0.1) is 17.3 Å². The van der Waals surface area contributed by atoms with Crippen LogP contribution in [0.2, 0.25) is 0 Å². The smallest absolute Gasteiger partial charge is 0.159 e. The highest BCUT2D eigenvalue weighted by Gasteiger charge is 2.41. The Morgan fingerprint density at radius 2 is 2.07 bits per heavy atom. The molecule has 6 nitrogen and oxygen atoms in total. The Kier molecular flexibility index (Phi) is 5.73. The third kappa shape index (κ3) is 4.43. The summed E-state index contributed by atoms with van der Waals surface area (Å²) in [6.07, 6.45) is 7.30. The number of aromatic nitrogens is 3. The van der Waals surface area contributed by atoms with Gasteiger partial charge in [0.25, 0.3) is 0 Å². The highest BCUT2D eigenvalue weighted by Crippen LogP contribution is 2.42. The van der Waals surface area contributed by atoms with Crippen LogP contribution in [0.4, 0.5) is 0 Å². The fraction of sp³-hybridized carbons (Fsp3) is 0.524. The van der Waals surface area contributed by atoms with Crippen molar-refractivity contribution in [2.45, 2.75) is 53.0 Å². The van der Waals surface area contributed by atoms with Crippen LogP contribution >= 0.6 is 0 Å². The molecule has 0 aliphatic heterocycles. The predicted molar refractivity (Wildman–Crippen MR) is 104 cm³/mol. The summed E-state index contributed by atoms with van der Waals surface area (Å²) in [7, 11) is 0. The van der Waals surface area contributed by atoms with Gasteiger partial charge in [-0.3, -0.25) is 9.48 Å². The molecule has 0 amide bonds. The van der Waals surface area contributed by atoms with Gasteiger partial charge in [0.1, 0.15) is 12.7 Å². The van der Waals surface area contributed by atoms with Crippen molar-refractivity contribution in [3.63, 3.8) is 0 Å². The Bertz CT molecular complexity index is 794. The Labute approximate surface area is 160 Å². The lowest BCUT2D eigenvalue weighted by Crippen LogP contribution is -2.43. The molecule has 0 radical (unpaired) electrons. The highest BCUT2D eigenvalue weighted by molar-refractivity contribution is 5.94. The van der Waals surface area contributed by atoms with E-state index in [4.69, 9.17) is 0 Å². The number of carbonyl (C=O) groups excluding carboxylic acids is 1. The van der Waals surface area contributed by atoms with Crippen molar-refractivity contribution in [3.05, 3.63) is 48.0 Å². The number of carbonyl (C=O) groups is 1. The number of benzene rings is 1. The molecule has 6 heteroatoms. The van der Waals surface area contributed by atoms with Gasteiger partial charge in [-0.25, -0.2) is 4.98 Å². The normalized spacial score (nSPS) is 23.4. The molecular weight excluding hydrogens is 340 g/mol. The third-order valence-corrected chi connectivity index (χ3v) is 5.88. The molecule has 1 aliphatic rings. The summed E-state index contributed by atoms with van der Waals surface area (Å²) >= 11 is 0. The number of nitrogens with zero attached hydrogens (tertiary/aromatic N) is 4. The van der Waals surface area contributed by atoms with Crippen molar-refractivity contribution in [3.8, 4) is 0 Å². The number of hydrogen-bond donors (Lipinski definition) is 1. The van der Waals surface area contributed by atoms with Gasteiger partial charge in [0.05, 0.1) is 12.3 Å². The van der Waals surface area contributed by atoms with Crippen LogP contribution in [0.3, 0.4) is 0 Å². The van der Waals surface area contributed by atoms with Gasteiger partial charge in [0.15, 0.2) is 5.78 Å². The lowest BCUT2D eigenvalue weighted by atomic mass is 9.64. The van der Waals surface area contributed by atoms with Crippen LogP contribution in [0.5, 0.6) is 0 Å². The average molecular weight is 368 g/mol. The van der Waals surface area contributed by atoms with Crippen LogP contribution in [0.25, 0.3) is 0 Å². The average Bonchev–Trinajstić information content (AvgIpc) is 3.14. The first-order valence-corrected chi connectivity index (χ1v) is 9.55. The zero-order chi connectivity index (χ0) is 19.4. The minimum absolute atomic E-state index is 0.0905. The molecule has 0 spiro atoms. The van der Waals surface area contributed by atoms with Crippen LogP contribution in [0.15, 0.2) is 42.1 Å². The zero-order valence-electron chi connectivity index (χ0n) is 16.3. The van der Waals surface area contributed by atoms with Crippen molar-refractivity contribution in [2.75, 3.05) is 0 Å². The molecule has 1 aliphatic carbocycles. The van der Waals surface area contributed by atoms with Crippen LogP contribution in [0.1, 0.15) is 56.0 Å². The number of hydrogen-bond acceptors (Lipinski definition) is 5. The Balaban J connectivity index is 1.74. The first-order chi connectivity index (χ1) is 12.9. The van der Waals surface area contributed by atoms with Gasteiger partial charge in [-0.05, 0) is 44.1 Å². The Morgan fingerprint density at radius 3 is 2.67 bits per heavy atom. The minimum Gasteiger partial charge on any atom is -0.411 e. The fourth-order valence-corrected chi connectivity index (χ4v) is 4.18. The topological polar surface area (TPSA) is 80.4 Å². The number of aryl methyl sites for hydroxylation is 1. The summed E-state index contributed by atoms with van der Waals surface area (Å²) in [4.78, 5) is 15.5. The summed E-state index contributed by atoms with van der Waals surface area (Å²) in [5.41, 5.74) is 2.73. The SMILES string of the molecule is CC(=O)c1ccc(CC[C@@H]2CCC(C)(C)/C(=N/O)[C@H]2Cn2cncn2)cc1. The van der Waals surface area contributed by atoms with E-state index in [0.29, 0.717) is 12.5 Å². The predicted octanol–water partition coefficient (Wildman–Crippen LogP) is 4.00. The molecule has 1 saturated carbocycles. The van der Waals surface area contributed by atoms with Crippen molar-refractivity contribution >= 4 is 11.5 Å². The monoisotopic (exact) mass is 368 g/mol. The second-order valence-corrected chi connectivity index (χ2v) is 8.18. The molecule has 1 N–H and O–H groups in total. The van der Waals surface area contributed by atoms with E-state index in [1.807, 2.05) is 28.9 Å². The number of rotatable bonds is 6. The van der Waals surface area contributed by atoms with E-state index >= 15 is 0 Å². The molecule has 0 unspecified atom stereocenters. The van der Waals surface area contributed by atoms with Crippen molar-refractivity contribution in [1.82, 2.24) is 14.8 Å². The lowest BCUT2D eigenvalue weighted by Gasteiger charge is -2.41. The second kappa shape index (κ2) is 8.03. The minimum atomic E-state index is -0.111. The Hall–Kier alpha value is -2.50. The molecule has 1 heterocycles. The molecule has 3 rings (SSSR count). The summed E-state index contributed by atoms with van der Waals surface area (Å²) < 4.78 is 1.83. The summed E-state index contributed by atoms with van der Waals surface area (Å²) in [5.74, 6) is 0.644. The van der Waals surface area contributed by atoms with Gasteiger partial charge in [-0.15, -0.1) is 0 Å². The van der Waals surface area contributed by atoms with Crippen molar-refractivity contribution in [1.29, 1.82) is 0 Å². The van der Waals surface area contributed by atoms with Gasteiger partial charge < -0.3 is 5.21 Å². The van der Waals surface area contributed by atoms with E-state index in [1.165, 1.54) is 11.9 Å². The molecule has 27 heavy (non-hydrogen) atoms. The van der Waals surface area contributed by atoms with Crippen molar-refractivity contribution in [2.24, 2.45) is 22.4 Å². The van der Waals surface area contributed by atoms with Gasteiger partial charge in [0.2, 0.25) is 0 Å². The molecule has 1 fully saturated rings. The van der Waals surface area contributed by atoms with Gasteiger partial charge in [-0.1, -0.05) is 43.3 Å². The van der Waals surface area contributed by atoms with Gasteiger partial charge >= 0.3 is 0 Å². The largest absolute Gasteiger partial charge is 0.411 e. The molecule has 0 bridgehead atoms. The van der Waals surface area contributed by atoms with E-state index in [2.05, 4.69) is 29.1 Å². The number of oxime groups is 1. The summed E-state index contributed by atoms with van der Waals surface area (Å²) in [5, 5.41) is 17.7. The van der Waals surface area contributed by atoms with Gasteiger partial charge in [0, 0.05) is 16.9 Å². The van der Waals surface area contributed by atoms with E-state index in [1.54, 1.807) is 13.3 Å². The van der Waals surface area contributed by atoms with Crippen LogP contribution in [-0.2, 0) is 13.0 Å². The summed E-state index contributed by atoms with van der Waals surface area (Å²) in [6.45, 7) is 6.56. The van der Waals surface area contributed by atoms with E-state index in [-0.39, 0.29) is 17.1 Å². The maximum atomic E-state index is 11.4. The van der Waals surface area contributed by atoms with E-state index in [0.717, 1.165) is 37.0 Å².